The number of amides is 1. The fraction of sp³-hybridized carbons (Fsp3) is 0.526. The highest BCUT2D eigenvalue weighted by Crippen LogP contribution is 2.27. The lowest BCUT2D eigenvalue weighted by Gasteiger charge is -2.32. The number of sulfone groups is 1. The molecule has 1 N–H and O–H groups in total. The molecule has 8 heteroatoms. The number of esters is 1. The highest BCUT2D eigenvalue weighted by atomic mass is 32.2. The van der Waals surface area contributed by atoms with Gasteiger partial charge in [0.05, 0.1) is 22.3 Å². The first kappa shape index (κ1) is 20.9. The monoisotopic (exact) mass is 392 g/mol. The van der Waals surface area contributed by atoms with E-state index in [4.69, 9.17) is 4.74 Å². The van der Waals surface area contributed by atoms with Crippen LogP contribution in [0, 0.1) is 11.3 Å². The number of rotatable bonds is 6. The van der Waals surface area contributed by atoms with E-state index >= 15 is 0 Å². The van der Waals surface area contributed by atoms with Gasteiger partial charge in [0.2, 0.25) is 0 Å². The standard InChI is InChI=1S/C19H24N2O5S/c1-3-27(24,25)16-10-6-5-9-15(16)18(23)26-14(2)17(22)21-19(13-20)11-7-4-8-12-19/h5-6,9-10,14H,3-4,7-8,11-12H2,1-2H3,(H,21,22)/t14-/m1/s1. The van der Waals surface area contributed by atoms with Crippen LogP contribution in [0.1, 0.15) is 56.3 Å². The van der Waals surface area contributed by atoms with Crippen LogP contribution in [-0.4, -0.2) is 37.7 Å². The van der Waals surface area contributed by atoms with Crippen molar-refractivity contribution < 1.29 is 22.7 Å². The molecule has 0 aromatic heterocycles. The molecule has 1 aromatic rings. The average molecular weight is 392 g/mol. The number of carbonyl (C=O) groups excluding carboxylic acids is 2. The van der Waals surface area contributed by atoms with Gasteiger partial charge in [-0.25, -0.2) is 13.2 Å². The van der Waals surface area contributed by atoms with Gasteiger partial charge in [-0.3, -0.25) is 4.79 Å². The molecule has 1 atom stereocenters. The summed E-state index contributed by atoms with van der Waals surface area (Å²) in [6, 6.07) is 7.92. The van der Waals surface area contributed by atoms with Gasteiger partial charge in [0, 0.05) is 0 Å². The molecule has 1 aliphatic carbocycles. The number of carbonyl (C=O) groups is 2. The molecule has 27 heavy (non-hydrogen) atoms. The number of hydrogen-bond donors (Lipinski definition) is 1. The fourth-order valence-electron chi connectivity index (χ4n) is 3.10. The Morgan fingerprint density at radius 3 is 2.48 bits per heavy atom. The minimum atomic E-state index is -3.61. The predicted octanol–water partition coefficient (Wildman–Crippen LogP) is 2.37. The second-order valence-electron chi connectivity index (χ2n) is 6.69. The van der Waals surface area contributed by atoms with Gasteiger partial charge < -0.3 is 10.1 Å². The van der Waals surface area contributed by atoms with E-state index in [2.05, 4.69) is 11.4 Å². The first-order valence-electron chi connectivity index (χ1n) is 9.01. The summed E-state index contributed by atoms with van der Waals surface area (Å²) >= 11 is 0. The van der Waals surface area contributed by atoms with Crippen LogP contribution in [0.5, 0.6) is 0 Å². The van der Waals surface area contributed by atoms with Gasteiger partial charge in [-0.2, -0.15) is 5.26 Å². The van der Waals surface area contributed by atoms with Crippen molar-refractivity contribution >= 4 is 21.7 Å². The molecule has 0 spiro atoms. The van der Waals surface area contributed by atoms with Crippen molar-refractivity contribution in [3.05, 3.63) is 29.8 Å². The molecule has 1 fully saturated rings. The summed E-state index contributed by atoms with van der Waals surface area (Å²) in [5.41, 5.74) is -1.04. The van der Waals surface area contributed by atoms with Crippen LogP contribution in [0.15, 0.2) is 29.2 Å². The first-order valence-corrected chi connectivity index (χ1v) is 10.7. The van der Waals surface area contributed by atoms with Gasteiger partial charge in [0.15, 0.2) is 15.9 Å². The summed E-state index contributed by atoms with van der Waals surface area (Å²) in [5.74, 6) is -1.61. The van der Waals surface area contributed by atoms with Crippen molar-refractivity contribution in [1.82, 2.24) is 5.32 Å². The highest BCUT2D eigenvalue weighted by molar-refractivity contribution is 7.91. The smallest absolute Gasteiger partial charge is 0.340 e. The van der Waals surface area contributed by atoms with Crippen LogP contribution in [0.4, 0.5) is 0 Å². The lowest BCUT2D eigenvalue weighted by Crippen LogP contribution is -2.52. The summed E-state index contributed by atoms with van der Waals surface area (Å²) in [6.07, 6.45) is 2.70. The second-order valence-corrected chi connectivity index (χ2v) is 8.94. The second kappa shape index (κ2) is 8.53. The molecule has 7 nitrogen and oxygen atoms in total. The van der Waals surface area contributed by atoms with E-state index in [0.29, 0.717) is 12.8 Å². The Morgan fingerprint density at radius 1 is 1.26 bits per heavy atom. The zero-order chi connectivity index (χ0) is 20.1. The lowest BCUT2D eigenvalue weighted by atomic mass is 9.83. The Labute approximate surface area is 159 Å². The van der Waals surface area contributed by atoms with Gasteiger partial charge in [-0.05, 0) is 31.9 Å². The van der Waals surface area contributed by atoms with E-state index in [1.807, 2.05) is 0 Å². The summed E-state index contributed by atoms with van der Waals surface area (Å²) in [6.45, 7) is 2.89. The summed E-state index contributed by atoms with van der Waals surface area (Å²) in [5, 5.41) is 12.1. The van der Waals surface area contributed by atoms with Crippen molar-refractivity contribution in [3.8, 4) is 6.07 Å². The number of nitrogens with zero attached hydrogens (tertiary/aromatic N) is 1. The third-order valence-electron chi connectivity index (χ3n) is 4.76. The molecule has 0 saturated heterocycles. The number of nitriles is 1. The van der Waals surface area contributed by atoms with Crippen molar-refractivity contribution in [2.24, 2.45) is 0 Å². The fourth-order valence-corrected chi connectivity index (χ4v) is 4.18. The number of ether oxygens (including phenoxy) is 1. The molecule has 146 valence electrons. The number of nitrogens with one attached hydrogen (secondary N) is 1. The van der Waals surface area contributed by atoms with Gasteiger partial charge in [0.1, 0.15) is 5.54 Å². The van der Waals surface area contributed by atoms with Gasteiger partial charge in [-0.15, -0.1) is 0 Å². The number of benzene rings is 1. The maximum absolute atomic E-state index is 12.5. The molecule has 1 saturated carbocycles. The first-order chi connectivity index (χ1) is 12.7. The Kier molecular flexibility index (Phi) is 6.60. The lowest BCUT2D eigenvalue weighted by molar-refractivity contribution is -0.130. The molecule has 1 aliphatic rings. The number of hydrogen-bond acceptors (Lipinski definition) is 6. The Morgan fingerprint density at radius 2 is 1.89 bits per heavy atom. The van der Waals surface area contributed by atoms with E-state index in [0.717, 1.165) is 19.3 Å². The van der Waals surface area contributed by atoms with Crippen LogP contribution >= 0.6 is 0 Å². The molecule has 1 aromatic carbocycles. The summed E-state index contributed by atoms with van der Waals surface area (Å²) in [7, 11) is -3.61. The van der Waals surface area contributed by atoms with Crippen LogP contribution in [0.2, 0.25) is 0 Å². The van der Waals surface area contributed by atoms with Crippen molar-refractivity contribution in [2.45, 2.75) is 62.5 Å². The van der Waals surface area contributed by atoms with Gasteiger partial charge in [0.25, 0.3) is 5.91 Å². The summed E-state index contributed by atoms with van der Waals surface area (Å²) in [4.78, 5) is 24.8. The largest absolute Gasteiger partial charge is 0.449 e. The van der Waals surface area contributed by atoms with E-state index in [1.165, 1.54) is 38.1 Å². The normalized spacial score (nSPS) is 17.4. The minimum Gasteiger partial charge on any atom is -0.449 e. The third kappa shape index (κ3) is 4.86. The van der Waals surface area contributed by atoms with Gasteiger partial charge >= 0.3 is 5.97 Å². The van der Waals surface area contributed by atoms with E-state index < -0.39 is 33.4 Å². The summed E-state index contributed by atoms with van der Waals surface area (Å²) < 4.78 is 29.5. The van der Waals surface area contributed by atoms with Crippen LogP contribution in [-0.2, 0) is 19.4 Å². The van der Waals surface area contributed by atoms with E-state index in [1.54, 1.807) is 0 Å². The maximum atomic E-state index is 12.5. The quantitative estimate of drug-likeness (QED) is 0.744. The molecule has 2 rings (SSSR count). The molecule has 0 unspecified atom stereocenters. The van der Waals surface area contributed by atoms with Crippen LogP contribution in [0.25, 0.3) is 0 Å². The van der Waals surface area contributed by atoms with Crippen molar-refractivity contribution in [1.29, 1.82) is 5.26 Å². The Hall–Kier alpha value is -2.40. The molecule has 0 heterocycles. The van der Waals surface area contributed by atoms with Crippen LogP contribution in [0.3, 0.4) is 0 Å². The van der Waals surface area contributed by atoms with Crippen molar-refractivity contribution in [3.63, 3.8) is 0 Å². The Balaban J connectivity index is 2.12. The van der Waals surface area contributed by atoms with Crippen molar-refractivity contribution in [2.75, 3.05) is 5.75 Å². The Bertz CT molecular complexity index is 851. The minimum absolute atomic E-state index is 0.105. The molecular weight excluding hydrogens is 368 g/mol. The molecule has 0 bridgehead atoms. The molecular formula is C19H24N2O5S. The maximum Gasteiger partial charge on any atom is 0.340 e. The topological polar surface area (TPSA) is 113 Å². The molecule has 0 radical (unpaired) electrons. The molecule has 0 aliphatic heterocycles. The third-order valence-corrected chi connectivity index (χ3v) is 6.54. The van der Waals surface area contributed by atoms with E-state index in [-0.39, 0.29) is 16.2 Å². The van der Waals surface area contributed by atoms with E-state index in [9.17, 15) is 23.3 Å². The SMILES string of the molecule is CCS(=O)(=O)c1ccccc1C(=O)O[C@H](C)C(=O)NC1(C#N)CCCCC1. The molecule has 1 amide bonds. The van der Waals surface area contributed by atoms with Gasteiger partial charge in [-0.1, -0.05) is 38.3 Å². The average Bonchev–Trinajstić information content (AvgIpc) is 2.68. The van der Waals surface area contributed by atoms with Crippen LogP contribution < -0.4 is 5.32 Å². The predicted molar refractivity (Wildman–Crippen MR) is 98.6 cm³/mol. The zero-order valence-electron chi connectivity index (χ0n) is 15.5. The highest BCUT2D eigenvalue weighted by Gasteiger charge is 2.35. The zero-order valence-corrected chi connectivity index (χ0v) is 16.3.